The van der Waals surface area contributed by atoms with E-state index in [4.69, 9.17) is 14.6 Å². The summed E-state index contributed by atoms with van der Waals surface area (Å²) < 4.78 is 13.3. The number of aromatic nitrogens is 2. The van der Waals surface area contributed by atoms with E-state index in [1.54, 1.807) is 11.8 Å². The van der Waals surface area contributed by atoms with Crippen LogP contribution in [0.2, 0.25) is 0 Å². The predicted molar refractivity (Wildman–Crippen MR) is 116 cm³/mol. The number of fused-ring (bicyclic) bond motifs is 1. The highest BCUT2D eigenvalue weighted by Crippen LogP contribution is 2.36. The normalized spacial score (nSPS) is 12.7. The highest BCUT2D eigenvalue weighted by molar-refractivity contribution is 7.98. The van der Waals surface area contributed by atoms with Crippen molar-refractivity contribution >= 4 is 11.8 Å². The Hall–Kier alpha value is -3.18. The van der Waals surface area contributed by atoms with Gasteiger partial charge in [0.05, 0.1) is 11.4 Å². The minimum atomic E-state index is 0.600. The van der Waals surface area contributed by atoms with E-state index < -0.39 is 0 Å². The van der Waals surface area contributed by atoms with Crippen LogP contribution in [0, 0.1) is 0 Å². The van der Waals surface area contributed by atoms with Crippen molar-refractivity contribution in [2.75, 3.05) is 13.2 Å². The smallest absolute Gasteiger partial charge is 0.162 e. The average Bonchev–Trinajstić information content (AvgIpc) is 3.23. The second-order valence-corrected chi connectivity index (χ2v) is 7.79. The van der Waals surface area contributed by atoms with E-state index in [0.717, 1.165) is 39.1 Å². The third kappa shape index (κ3) is 3.87. The number of benzene rings is 3. The number of rotatable bonds is 5. The molecule has 1 aromatic heterocycles. The molecular formula is C24H20N2O2S. The molecule has 0 fully saturated rings. The van der Waals surface area contributed by atoms with Gasteiger partial charge in [-0.2, -0.15) is 5.10 Å². The Morgan fingerprint density at radius 3 is 2.34 bits per heavy atom. The Morgan fingerprint density at radius 2 is 1.55 bits per heavy atom. The monoisotopic (exact) mass is 400 g/mol. The molecule has 4 nitrogen and oxygen atoms in total. The van der Waals surface area contributed by atoms with Gasteiger partial charge in [0, 0.05) is 28.0 Å². The minimum absolute atomic E-state index is 0.600. The third-order valence-electron chi connectivity index (χ3n) is 4.77. The van der Waals surface area contributed by atoms with Crippen molar-refractivity contribution in [2.45, 2.75) is 10.6 Å². The maximum absolute atomic E-state index is 5.72. The molecule has 144 valence electrons. The Labute approximate surface area is 174 Å². The van der Waals surface area contributed by atoms with E-state index in [1.807, 2.05) is 35.0 Å². The van der Waals surface area contributed by atoms with Gasteiger partial charge in [0.15, 0.2) is 11.5 Å². The van der Waals surface area contributed by atoms with Crippen molar-refractivity contribution in [1.29, 1.82) is 0 Å². The highest BCUT2D eigenvalue weighted by atomic mass is 32.2. The van der Waals surface area contributed by atoms with Gasteiger partial charge in [-0.15, -0.1) is 11.8 Å². The summed E-state index contributed by atoms with van der Waals surface area (Å²) in [5, 5.41) is 4.89. The summed E-state index contributed by atoms with van der Waals surface area (Å²) in [7, 11) is 0. The Balaban J connectivity index is 1.45. The zero-order valence-corrected chi connectivity index (χ0v) is 16.6. The molecule has 2 heterocycles. The summed E-state index contributed by atoms with van der Waals surface area (Å²) in [6.07, 6.45) is 2.13. The van der Waals surface area contributed by atoms with Gasteiger partial charge >= 0.3 is 0 Å². The van der Waals surface area contributed by atoms with Crippen LogP contribution in [-0.4, -0.2) is 23.0 Å². The topological polar surface area (TPSA) is 36.3 Å². The van der Waals surface area contributed by atoms with E-state index in [0.29, 0.717) is 13.2 Å². The lowest BCUT2D eigenvalue weighted by atomic mass is 10.1. The molecule has 5 heteroatoms. The second-order valence-electron chi connectivity index (χ2n) is 6.74. The van der Waals surface area contributed by atoms with Crippen LogP contribution in [0.15, 0.2) is 90.0 Å². The average molecular weight is 401 g/mol. The number of thioether (sulfide) groups is 1. The van der Waals surface area contributed by atoms with E-state index >= 15 is 0 Å². The first kappa shape index (κ1) is 17.9. The molecule has 1 aliphatic rings. The number of ether oxygens (including phenoxy) is 2. The molecule has 5 rings (SSSR count). The lowest BCUT2D eigenvalue weighted by Crippen LogP contribution is -2.15. The lowest BCUT2D eigenvalue weighted by Gasteiger charge is -2.18. The molecule has 0 radical (unpaired) electrons. The van der Waals surface area contributed by atoms with Gasteiger partial charge in [-0.3, -0.25) is 0 Å². The van der Waals surface area contributed by atoms with Gasteiger partial charge in [0.25, 0.3) is 0 Å². The minimum Gasteiger partial charge on any atom is -0.486 e. The SMILES string of the molecule is c1ccc(-c2nn(-c3ccccc3)cc2CSc2ccc3c(c2)OCCO3)cc1. The van der Waals surface area contributed by atoms with E-state index in [-0.39, 0.29) is 0 Å². The Kier molecular flexibility index (Phi) is 4.97. The molecule has 0 saturated heterocycles. The molecule has 0 saturated carbocycles. The number of hydrogen-bond donors (Lipinski definition) is 0. The molecule has 29 heavy (non-hydrogen) atoms. The summed E-state index contributed by atoms with van der Waals surface area (Å²) in [6, 6.07) is 26.7. The second kappa shape index (κ2) is 8.05. The first-order chi connectivity index (χ1) is 14.4. The molecule has 0 bridgehead atoms. The number of para-hydroxylation sites is 1. The van der Waals surface area contributed by atoms with Gasteiger partial charge < -0.3 is 9.47 Å². The van der Waals surface area contributed by atoms with Crippen LogP contribution in [-0.2, 0) is 5.75 Å². The Bertz CT molecular complexity index is 1110. The zero-order valence-electron chi connectivity index (χ0n) is 15.8. The molecule has 3 aromatic carbocycles. The lowest BCUT2D eigenvalue weighted by molar-refractivity contribution is 0.171. The standard InChI is InChI=1S/C24H20N2O2S/c1-3-7-18(8-4-1)24-19(16-26(25-24)20-9-5-2-6-10-20)17-29-21-11-12-22-23(15-21)28-14-13-27-22/h1-12,15-16H,13-14,17H2. The largest absolute Gasteiger partial charge is 0.486 e. The van der Waals surface area contributed by atoms with E-state index in [1.165, 1.54) is 5.56 Å². The van der Waals surface area contributed by atoms with Gasteiger partial charge in [0.1, 0.15) is 13.2 Å². The molecule has 0 spiro atoms. The maximum atomic E-state index is 5.72. The van der Waals surface area contributed by atoms with Crippen LogP contribution in [0.25, 0.3) is 16.9 Å². The summed E-state index contributed by atoms with van der Waals surface area (Å²) in [4.78, 5) is 1.15. The van der Waals surface area contributed by atoms with Crippen LogP contribution in [0.5, 0.6) is 11.5 Å². The van der Waals surface area contributed by atoms with Crippen molar-refractivity contribution in [3.63, 3.8) is 0 Å². The van der Waals surface area contributed by atoms with Gasteiger partial charge in [-0.05, 0) is 30.3 Å². The number of hydrogen-bond acceptors (Lipinski definition) is 4. The van der Waals surface area contributed by atoms with Gasteiger partial charge in [-0.1, -0.05) is 48.5 Å². The molecule has 0 unspecified atom stereocenters. The molecule has 1 aliphatic heterocycles. The van der Waals surface area contributed by atoms with Crippen molar-refractivity contribution in [3.8, 4) is 28.4 Å². The molecule has 0 N–H and O–H groups in total. The quantitative estimate of drug-likeness (QED) is 0.409. The Morgan fingerprint density at radius 1 is 0.828 bits per heavy atom. The van der Waals surface area contributed by atoms with Crippen molar-refractivity contribution in [1.82, 2.24) is 9.78 Å². The first-order valence-electron chi connectivity index (χ1n) is 9.59. The van der Waals surface area contributed by atoms with E-state index in [2.05, 4.69) is 54.7 Å². The number of nitrogens with zero attached hydrogens (tertiary/aromatic N) is 2. The van der Waals surface area contributed by atoms with Gasteiger partial charge in [0.2, 0.25) is 0 Å². The fraction of sp³-hybridized carbons (Fsp3) is 0.125. The first-order valence-corrected chi connectivity index (χ1v) is 10.6. The maximum Gasteiger partial charge on any atom is 0.162 e. The van der Waals surface area contributed by atoms with Crippen LogP contribution in [0.4, 0.5) is 0 Å². The van der Waals surface area contributed by atoms with Gasteiger partial charge in [-0.25, -0.2) is 4.68 Å². The summed E-state index contributed by atoms with van der Waals surface area (Å²) in [5.41, 5.74) is 4.39. The van der Waals surface area contributed by atoms with Crippen molar-refractivity contribution < 1.29 is 9.47 Å². The molecular weight excluding hydrogens is 380 g/mol. The summed E-state index contributed by atoms with van der Waals surface area (Å²) >= 11 is 1.77. The highest BCUT2D eigenvalue weighted by Gasteiger charge is 2.15. The van der Waals surface area contributed by atoms with Crippen LogP contribution in [0.1, 0.15) is 5.56 Å². The van der Waals surface area contributed by atoms with Crippen molar-refractivity contribution in [2.24, 2.45) is 0 Å². The summed E-state index contributed by atoms with van der Waals surface area (Å²) in [6.45, 7) is 1.21. The fourth-order valence-electron chi connectivity index (χ4n) is 3.34. The molecule has 0 atom stereocenters. The van der Waals surface area contributed by atoms with E-state index in [9.17, 15) is 0 Å². The molecule has 0 aliphatic carbocycles. The zero-order chi connectivity index (χ0) is 19.5. The van der Waals surface area contributed by atoms with Crippen LogP contribution in [0.3, 0.4) is 0 Å². The van der Waals surface area contributed by atoms with Crippen LogP contribution >= 0.6 is 11.8 Å². The van der Waals surface area contributed by atoms with Crippen LogP contribution < -0.4 is 9.47 Å². The predicted octanol–water partition coefficient (Wildman–Crippen LogP) is 5.60. The summed E-state index contributed by atoms with van der Waals surface area (Å²) in [5.74, 6) is 2.46. The molecule has 0 amide bonds. The van der Waals surface area contributed by atoms with Crippen molar-refractivity contribution in [3.05, 3.63) is 90.6 Å². The third-order valence-corrected chi connectivity index (χ3v) is 5.81. The fourth-order valence-corrected chi connectivity index (χ4v) is 4.23. The molecule has 4 aromatic rings.